The SMILES string of the molecule is N#CCc1ccc(Nc2nc(Cl)nc3ccccc23)cc1. The predicted octanol–water partition coefficient (Wildman–Crippen LogP) is 4.09. The van der Waals surface area contributed by atoms with Gasteiger partial charge in [-0.05, 0) is 41.4 Å². The number of nitrogens with zero attached hydrogens (tertiary/aromatic N) is 3. The molecule has 2 aromatic carbocycles. The molecule has 0 unspecified atom stereocenters. The van der Waals surface area contributed by atoms with Gasteiger partial charge in [-0.15, -0.1) is 0 Å². The van der Waals surface area contributed by atoms with Gasteiger partial charge in [0.15, 0.2) is 0 Å². The quantitative estimate of drug-likeness (QED) is 0.739. The molecule has 0 spiro atoms. The summed E-state index contributed by atoms with van der Waals surface area (Å²) < 4.78 is 0. The van der Waals surface area contributed by atoms with Crippen LogP contribution in [-0.2, 0) is 6.42 Å². The predicted molar refractivity (Wildman–Crippen MR) is 83.6 cm³/mol. The molecule has 0 aliphatic rings. The molecule has 21 heavy (non-hydrogen) atoms. The van der Waals surface area contributed by atoms with Gasteiger partial charge in [-0.1, -0.05) is 24.3 Å². The number of hydrogen-bond donors (Lipinski definition) is 1. The van der Waals surface area contributed by atoms with E-state index < -0.39 is 0 Å². The maximum absolute atomic E-state index is 8.68. The first-order valence-electron chi connectivity index (χ1n) is 6.41. The zero-order valence-electron chi connectivity index (χ0n) is 11.0. The standard InChI is InChI=1S/C16H11ClN4/c17-16-20-14-4-2-1-3-13(14)15(21-16)19-12-7-5-11(6-8-12)9-10-18/h1-8H,9H2,(H,19,20,21). The highest BCUT2D eigenvalue weighted by Crippen LogP contribution is 2.25. The van der Waals surface area contributed by atoms with Crippen molar-refractivity contribution in [3.05, 3.63) is 59.4 Å². The van der Waals surface area contributed by atoms with Gasteiger partial charge < -0.3 is 5.32 Å². The second-order valence-electron chi connectivity index (χ2n) is 4.52. The van der Waals surface area contributed by atoms with Crippen LogP contribution in [0.15, 0.2) is 48.5 Å². The number of halogens is 1. The number of benzene rings is 2. The number of rotatable bonds is 3. The highest BCUT2D eigenvalue weighted by Gasteiger charge is 2.06. The Balaban J connectivity index is 1.96. The number of fused-ring (bicyclic) bond motifs is 1. The van der Waals surface area contributed by atoms with Crippen molar-refractivity contribution in [2.75, 3.05) is 5.32 Å². The van der Waals surface area contributed by atoms with E-state index in [-0.39, 0.29) is 5.28 Å². The van der Waals surface area contributed by atoms with Gasteiger partial charge in [0.2, 0.25) is 5.28 Å². The first kappa shape index (κ1) is 13.3. The molecule has 0 amide bonds. The van der Waals surface area contributed by atoms with Gasteiger partial charge in [0, 0.05) is 11.1 Å². The lowest BCUT2D eigenvalue weighted by molar-refractivity contribution is 1.21. The molecule has 0 saturated heterocycles. The summed E-state index contributed by atoms with van der Waals surface area (Å²) in [6, 6.07) is 17.5. The van der Waals surface area contributed by atoms with Crippen molar-refractivity contribution in [1.29, 1.82) is 5.26 Å². The summed E-state index contributed by atoms with van der Waals surface area (Å²) in [5, 5.41) is 13.0. The first-order chi connectivity index (χ1) is 10.3. The molecule has 0 bridgehead atoms. The van der Waals surface area contributed by atoms with Crippen molar-refractivity contribution in [2.45, 2.75) is 6.42 Å². The molecule has 0 fully saturated rings. The van der Waals surface area contributed by atoms with Gasteiger partial charge in [0.25, 0.3) is 0 Å². The molecule has 0 aliphatic heterocycles. The van der Waals surface area contributed by atoms with Crippen LogP contribution in [0.1, 0.15) is 5.56 Å². The Morgan fingerprint density at radius 2 is 1.81 bits per heavy atom. The van der Waals surface area contributed by atoms with Gasteiger partial charge in [-0.25, -0.2) is 4.98 Å². The molecule has 0 aliphatic carbocycles. The van der Waals surface area contributed by atoms with E-state index in [1.807, 2.05) is 48.5 Å². The highest BCUT2D eigenvalue weighted by molar-refractivity contribution is 6.28. The van der Waals surface area contributed by atoms with Crippen molar-refractivity contribution in [3.63, 3.8) is 0 Å². The lowest BCUT2D eigenvalue weighted by Crippen LogP contribution is -1.97. The summed E-state index contributed by atoms with van der Waals surface area (Å²) in [5.41, 5.74) is 2.66. The van der Waals surface area contributed by atoms with Crippen molar-refractivity contribution in [2.24, 2.45) is 0 Å². The van der Waals surface area contributed by atoms with Gasteiger partial charge in [0.1, 0.15) is 5.82 Å². The molecule has 4 nitrogen and oxygen atoms in total. The van der Waals surface area contributed by atoms with Crippen LogP contribution in [0, 0.1) is 11.3 Å². The summed E-state index contributed by atoms with van der Waals surface area (Å²) in [6.07, 6.45) is 0.405. The number of nitrogens with one attached hydrogen (secondary N) is 1. The Morgan fingerprint density at radius 1 is 1.05 bits per heavy atom. The van der Waals surface area contributed by atoms with E-state index in [2.05, 4.69) is 21.4 Å². The minimum Gasteiger partial charge on any atom is -0.340 e. The third kappa shape index (κ3) is 2.93. The van der Waals surface area contributed by atoms with Crippen LogP contribution >= 0.6 is 11.6 Å². The largest absolute Gasteiger partial charge is 0.340 e. The van der Waals surface area contributed by atoms with E-state index in [1.54, 1.807) is 0 Å². The number of nitriles is 1. The van der Waals surface area contributed by atoms with E-state index in [4.69, 9.17) is 16.9 Å². The monoisotopic (exact) mass is 294 g/mol. The first-order valence-corrected chi connectivity index (χ1v) is 6.79. The van der Waals surface area contributed by atoms with Crippen molar-refractivity contribution < 1.29 is 0 Å². The van der Waals surface area contributed by atoms with E-state index in [0.29, 0.717) is 12.2 Å². The van der Waals surface area contributed by atoms with Crippen LogP contribution in [0.4, 0.5) is 11.5 Å². The Kier molecular flexibility index (Phi) is 3.67. The summed E-state index contributed by atoms with van der Waals surface area (Å²) in [6.45, 7) is 0. The van der Waals surface area contributed by atoms with Crippen LogP contribution in [-0.4, -0.2) is 9.97 Å². The molecule has 5 heteroatoms. The second kappa shape index (κ2) is 5.78. The molecule has 1 aromatic heterocycles. The zero-order chi connectivity index (χ0) is 14.7. The van der Waals surface area contributed by atoms with Crippen LogP contribution in [0.3, 0.4) is 0 Å². The fraction of sp³-hybridized carbons (Fsp3) is 0.0625. The van der Waals surface area contributed by atoms with Crippen LogP contribution in [0.5, 0.6) is 0 Å². The molecule has 0 radical (unpaired) electrons. The number of aromatic nitrogens is 2. The van der Waals surface area contributed by atoms with E-state index in [9.17, 15) is 0 Å². The van der Waals surface area contributed by atoms with Gasteiger partial charge in [0.05, 0.1) is 18.0 Å². The third-order valence-electron chi connectivity index (χ3n) is 3.08. The topological polar surface area (TPSA) is 61.6 Å². The number of anilines is 2. The zero-order valence-corrected chi connectivity index (χ0v) is 11.8. The Morgan fingerprint density at radius 3 is 2.57 bits per heavy atom. The van der Waals surface area contributed by atoms with E-state index in [0.717, 1.165) is 22.2 Å². The van der Waals surface area contributed by atoms with Gasteiger partial charge in [-0.2, -0.15) is 10.2 Å². The Bertz CT molecular complexity index is 822. The average molecular weight is 295 g/mol. The van der Waals surface area contributed by atoms with Crippen molar-refractivity contribution in [1.82, 2.24) is 9.97 Å². The molecule has 102 valence electrons. The second-order valence-corrected chi connectivity index (χ2v) is 4.85. The summed E-state index contributed by atoms with van der Waals surface area (Å²) >= 11 is 5.96. The van der Waals surface area contributed by atoms with Crippen molar-refractivity contribution in [3.8, 4) is 6.07 Å². The highest BCUT2D eigenvalue weighted by atomic mass is 35.5. The minimum absolute atomic E-state index is 0.206. The number of hydrogen-bond acceptors (Lipinski definition) is 4. The lowest BCUT2D eigenvalue weighted by Gasteiger charge is -2.09. The van der Waals surface area contributed by atoms with E-state index >= 15 is 0 Å². The molecular weight excluding hydrogens is 284 g/mol. The minimum atomic E-state index is 0.206. The maximum Gasteiger partial charge on any atom is 0.224 e. The Labute approximate surface area is 127 Å². The number of para-hydroxylation sites is 1. The smallest absolute Gasteiger partial charge is 0.224 e. The molecule has 3 aromatic rings. The van der Waals surface area contributed by atoms with Crippen LogP contribution in [0.2, 0.25) is 5.28 Å². The summed E-state index contributed by atoms with van der Waals surface area (Å²) in [5.74, 6) is 0.665. The molecule has 1 heterocycles. The fourth-order valence-electron chi connectivity index (χ4n) is 2.08. The van der Waals surface area contributed by atoms with Crippen LogP contribution < -0.4 is 5.32 Å². The summed E-state index contributed by atoms with van der Waals surface area (Å²) in [4.78, 5) is 8.44. The van der Waals surface area contributed by atoms with Gasteiger partial charge in [-0.3, -0.25) is 0 Å². The summed E-state index contributed by atoms with van der Waals surface area (Å²) in [7, 11) is 0. The average Bonchev–Trinajstić information content (AvgIpc) is 2.49. The van der Waals surface area contributed by atoms with E-state index in [1.165, 1.54) is 0 Å². The van der Waals surface area contributed by atoms with Gasteiger partial charge >= 0.3 is 0 Å². The van der Waals surface area contributed by atoms with Crippen LogP contribution in [0.25, 0.3) is 10.9 Å². The van der Waals surface area contributed by atoms with Crippen molar-refractivity contribution >= 4 is 34.0 Å². The molecule has 0 atom stereocenters. The normalized spacial score (nSPS) is 10.3. The lowest BCUT2D eigenvalue weighted by atomic mass is 10.1. The molecular formula is C16H11ClN4. The third-order valence-corrected chi connectivity index (χ3v) is 3.24. The molecule has 3 rings (SSSR count). The Hall–Kier alpha value is -2.64. The fourth-order valence-corrected chi connectivity index (χ4v) is 2.25. The molecule has 1 N–H and O–H groups in total. The maximum atomic E-state index is 8.68. The molecule has 0 saturated carbocycles.